The van der Waals surface area contributed by atoms with Crippen molar-refractivity contribution in [3.63, 3.8) is 0 Å². The number of benzene rings is 1. The topological polar surface area (TPSA) is 29.5 Å². The molecule has 1 unspecified atom stereocenters. The van der Waals surface area contributed by atoms with Crippen LogP contribution in [0.2, 0.25) is 0 Å². The largest absolute Gasteiger partial charge is 0.481 e. The maximum Gasteiger partial charge on any atom is 0.235 e. The first-order chi connectivity index (χ1) is 11.0. The Labute approximate surface area is 179 Å². The number of hydrogen-bond donors (Lipinski definition) is 0. The van der Waals surface area contributed by atoms with Crippen LogP contribution in [0.3, 0.4) is 0 Å². The molecule has 0 N–H and O–H groups in total. The van der Waals surface area contributed by atoms with Crippen molar-refractivity contribution in [2.75, 3.05) is 13.2 Å². The molecule has 0 aromatic heterocycles. The third-order valence-electron chi connectivity index (χ3n) is 3.31. The van der Waals surface area contributed by atoms with Gasteiger partial charge in [-0.25, -0.2) is 14.9 Å². The van der Waals surface area contributed by atoms with Crippen LogP contribution in [0.25, 0.3) is 5.70 Å². The maximum absolute atomic E-state index is 14.4. The fourth-order valence-corrected chi connectivity index (χ4v) is 2.79. The zero-order valence-electron chi connectivity index (χ0n) is 13.3. The predicted octanol–water partition coefficient (Wildman–Crippen LogP) is 3.56. The number of rotatable bonds is 4. The Morgan fingerprint density at radius 2 is 2.04 bits per heavy atom. The van der Waals surface area contributed by atoms with Crippen LogP contribution in [-0.4, -0.2) is 27.9 Å². The van der Waals surface area contributed by atoms with Crippen molar-refractivity contribution in [2.24, 2.45) is 0 Å². The van der Waals surface area contributed by atoms with Crippen molar-refractivity contribution in [3.8, 4) is 17.6 Å². The average molecular weight is 519 g/mol. The Bertz CT molecular complexity index is 689. The molecule has 1 aromatic carbocycles. The predicted molar refractivity (Wildman–Crippen MR) is 91.8 cm³/mol. The molecule has 2 rings (SSSR count). The molecular formula is C17H15F2INO2Y-. The Hall–Kier alpha value is -0.516. The SMILES string of the molecule is CC#CCOc1cc(F)c(C2=[C-]CC(I)C(=O)N2CC)c(F)c1.[Y]. The van der Waals surface area contributed by atoms with Crippen molar-refractivity contribution < 1.29 is 51.0 Å². The van der Waals surface area contributed by atoms with E-state index in [-0.39, 0.29) is 66.2 Å². The first-order valence-corrected chi connectivity index (χ1v) is 8.32. The Balaban J connectivity index is 0.00000288. The fourth-order valence-electron chi connectivity index (χ4n) is 2.24. The molecule has 3 nitrogen and oxygen atoms in total. The molecule has 0 aliphatic carbocycles. The summed E-state index contributed by atoms with van der Waals surface area (Å²) in [6, 6.07) is 2.19. The number of halogens is 3. The molecule has 0 bridgehead atoms. The summed E-state index contributed by atoms with van der Waals surface area (Å²) in [4.78, 5) is 13.5. The van der Waals surface area contributed by atoms with Crippen LogP contribution in [0, 0.1) is 29.6 Å². The summed E-state index contributed by atoms with van der Waals surface area (Å²) in [5.41, 5.74) is -0.0993. The number of carbonyl (C=O) groups excluding carboxylic acids is 1. The van der Waals surface area contributed by atoms with Crippen molar-refractivity contribution >= 4 is 34.2 Å². The minimum Gasteiger partial charge on any atom is -0.481 e. The summed E-state index contributed by atoms with van der Waals surface area (Å²) >= 11 is 2.00. The molecule has 1 atom stereocenters. The molecule has 0 fully saturated rings. The molecule has 24 heavy (non-hydrogen) atoms. The second-order valence-corrected chi connectivity index (χ2v) is 6.26. The molecule has 1 aromatic rings. The Kier molecular flexibility index (Phi) is 8.82. The van der Waals surface area contributed by atoms with Gasteiger partial charge in [-0.15, -0.1) is 11.6 Å². The van der Waals surface area contributed by atoms with E-state index in [1.165, 1.54) is 4.90 Å². The van der Waals surface area contributed by atoms with Crippen LogP contribution in [0.5, 0.6) is 5.75 Å². The van der Waals surface area contributed by atoms with Crippen LogP contribution < -0.4 is 4.74 Å². The zero-order chi connectivity index (χ0) is 17.0. The van der Waals surface area contributed by atoms with Gasteiger partial charge in [0.2, 0.25) is 5.91 Å². The molecule has 1 radical (unpaired) electrons. The molecule has 0 spiro atoms. The first-order valence-electron chi connectivity index (χ1n) is 7.07. The van der Waals surface area contributed by atoms with Crippen LogP contribution >= 0.6 is 22.6 Å². The van der Waals surface area contributed by atoms with Gasteiger partial charge in [-0.2, -0.15) is 0 Å². The van der Waals surface area contributed by atoms with Crippen molar-refractivity contribution in [1.29, 1.82) is 0 Å². The summed E-state index contributed by atoms with van der Waals surface area (Å²) in [5.74, 6) is 3.60. The summed E-state index contributed by atoms with van der Waals surface area (Å²) in [6.45, 7) is 3.78. The minimum atomic E-state index is -0.787. The molecule has 0 saturated carbocycles. The van der Waals surface area contributed by atoms with E-state index in [1.807, 2.05) is 22.6 Å². The van der Waals surface area contributed by atoms with Crippen molar-refractivity contribution in [3.05, 3.63) is 35.4 Å². The van der Waals surface area contributed by atoms with Gasteiger partial charge in [-0.3, -0.25) is 4.79 Å². The van der Waals surface area contributed by atoms with E-state index in [0.717, 1.165) is 12.1 Å². The number of carbonyl (C=O) groups is 1. The summed E-state index contributed by atoms with van der Waals surface area (Å²) in [5, 5.41) is 0. The second-order valence-electron chi connectivity index (χ2n) is 4.76. The van der Waals surface area contributed by atoms with E-state index in [1.54, 1.807) is 13.8 Å². The van der Waals surface area contributed by atoms with Gasteiger partial charge in [0.1, 0.15) is 12.4 Å². The quantitative estimate of drug-likeness (QED) is 0.264. The molecule has 0 saturated heterocycles. The van der Waals surface area contributed by atoms with Gasteiger partial charge < -0.3 is 9.64 Å². The Morgan fingerprint density at radius 1 is 1.42 bits per heavy atom. The van der Waals surface area contributed by atoms with E-state index in [2.05, 4.69) is 17.9 Å². The number of alkyl halides is 1. The molecular weight excluding hydrogens is 504 g/mol. The zero-order valence-corrected chi connectivity index (χ0v) is 18.3. The minimum absolute atomic E-state index is 0. The summed E-state index contributed by atoms with van der Waals surface area (Å²) in [6.07, 6.45) is 3.27. The number of hydrogen-bond acceptors (Lipinski definition) is 2. The van der Waals surface area contributed by atoms with Crippen LogP contribution in [0.15, 0.2) is 12.1 Å². The average Bonchev–Trinajstić information content (AvgIpc) is 2.50. The molecule has 1 aliphatic rings. The van der Waals surface area contributed by atoms with E-state index >= 15 is 0 Å². The van der Waals surface area contributed by atoms with E-state index in [0.29, 0.717) is 13.0 Å². The number of ether oxygens (including phenoxy) is 1. The van der Waals surface area contributed by atoms with Crippen molar-refractivity contribution in [2.45, 2.75) is 24.2 Å². The van der Waals surface area contributed by atoms with E-state index < -0.39 is 11.6 Å². The third kappa shape index (κ3) is 4.77. The molecule has 1 amide bonds. The van der Waals surface area contributed by atoms with Crippen molar-refractivity contribution in [1.82, 2.24) is 4.90 Å². The van der Waals surface area contributed by atoms with Gasteiger partial charge in [-0.05, 0) is 26.0 Å². The third-order valence-corrected chi connectivity index (χ3v) is 4.28. The van der Waals surface area contributed by atoms with Crippen LogP contribution in [0.4, 0.5) is 8.78 Å². The van der Waals surface area contributed by atoms with Gasteiger partial charge in [0.05, 0.1) is 15.6 Å². The Morgan fingerprint density at radius 3 is 2.58 bits per heavy atom. The standard InChI is InChI=1S/C17H15F2INO2.Y/c1-3-5-8-23-11-9-12(18)16(13(19)10-11)15-7-6-14(20)17(22)21(15)4-2;/h9-10,14H,4,6,8H2,1-2H3;/q-1;. The molecule has 1 heterocycles. The number of amides is 1. The number of allylic oxidation sites excluding steroid dienone is 1. The van der Waals surface area contributed by atoms with E-state index in [9.17, 15) is 13.6 Å². The fraction of sp³-hybridized carbons (Fsp3) is 0.353. The van der Waals surface area contributed by atoms with Gasteiger partial charge in [0.25, 0.3) is 0 Å². The normalized spacial score (nSPS) is 16.7. The van der Waals surface area contributed by atoms with Gasteiger partial charge >= 0.3 is 0 Å². The molecule has 1 aliphatic heterocycles. The number of nitrogens with zero attached hydrogens (tertiary/aromatic N) is 1. The van der Waals surface area contributed by atoms with E-state index in [4.69, 9.17) is 4.74 Å². The van der Waals surface area contributed by atoms with Gasteiger partial charge in [0.15, 0.2) is 0 Å². The van der Waals surface area contributed by atoms with Gasteiger partial charge in [-0.1, -0.05) is 40.5 Å². The maximum atomic E-state index is 14.4. The molecule has 7 heteroatoms. The summed E-state index contributed by atoms with van der Waals surface area (Å²) in [7, 11) is 0. The summed E-state index contributed by atoms with van der Waals surface area (Å²) < 4.78 is 33.7. The van der Waals surface area contributed by atoms with Crippen LogP contribution in [0.1, 0.15) is 25.8 Å². The van der Waals surface area contributed by atoms with Gasteiger partial charge in [0, 0.05) is 39.3 Å². The monoisotopic (exact) mass is 519 g/mol. The van der Waals surface area contributed by atoms with Crippen LogP contribution in [-0.2, 0) is 37.5 Å². The first kappa shape index (κ1) is 21.5. The second kappa shape index (κ2) is 9.83. The smallest absolute Gasteiger partial charge is 0.235 e. The molecule has 125 valence electrons.